The number of hydrogen-bond donors (Lipinski definition) is 0. The van der Waals surface area contributed by atoms with Crippen LogP contribution in [0.25, 0.3) is 0 Å². The van der Waals surface area contributed by atoms with Gasteiger partial charge in [0.05, 0.1) is 0 Å². The highest BCUT2D eigenvalue weighted by Gasteiger charge is 2.39. The molecule has 1 rings (SSSR count). The molecule has 0 spiro atoms. The first-order chi connectivity index (χ1) is 7.30. The molecule has 0 aliphatic carbocycles. The minimum Gasteiger partial charge on any atom is -0.430 e. The van der Waals surface area contributed by atoms with Crippen molar-refractivity contribution in [1.82, 2.24) is 0 Å². The summed E-state index contributed by atoms with van der Waals surface area (Å²) in [7, 11) is 0. The lowest BCUT2D eigenvalue weighted by atomic mass is 10.3. The predicted molar refractivity (Wildman–Crippen MR) is 50.1 cm³/mol. The van der Waals surface area contributed by atoms with E-state index in [1.165, 1.54) is 24.3 Å². The predicted octanol–water partition coefficient (Wildman–Crippen LogP) is 4.50. The molecule has 0 radical (unpaired) electrons. The molecule has 0 saturated carbocycles. The Morgan fingerprint density at radius 3 is 2.00 bits per heavy atom. The van der Waals surface area contributed by atoms with Crippen molar-refractivity contribution in [2.75, 3.05) is 0 Å². The maximum atomic E-state index is 12.6. The van der Waals surface area contributed by atoms with Crippen molar-refractivity contribution < 1.29 is 26.7 Å². The Kier molecular flexibility index (Phi) is 3.90. The smallest absolute Gasteiger partial charge is 0.430 e. The van der Waals surface area contributed by atoms with E-state index in [-0.39, 0.29) is 5.75 Å². The minimum absolute atomic E-state index is 0.236. The van der Waals surface area contributed by atoms with Crippen LogP contribution in [0.3, 0.4) is 0 Å². The Morgan fingerprint density at radius 1 is 1.06 bits per heavy atom. The Balaban J connectivity index is 2.86. The molecule has 7 heteroatoms. The molecule has 0 unspecified atom stereocenters. The second-order valence-electron chi connectivity index (χ2n) is 2.64. The molecular weight excluding hydrogens is 299 g/mol. The highest BCUT2D eigenvalue weighted by molar-refractivity contribution is 9.10. The van der Waals surface area contributed by atoms with Gasteiger partial charge >= 0.3 is 12.2 Å². The van der Waals surface area contributed by atoms with Crippen LogP contribution in [0.1, 0.15) is 0 Å². The lowest BCUT2D eigenvalue weighted by Crippen LogP contribution is -2.11. The first-order valence-corrected chi connectivity index (χ1v) is 4.66. The topological polar surface area (TPSA) is 9.23 Å². The molecule has 0 bridgehead atoms. The fourth-order valence-corrected chi connectivity index (χ4v) is 1.03. The average molecular weight is 303 g/mol. The zero-order valence-corrected chi connectivity index (χ0v) is 9.07. The molecule has 0 amide bonds. The van der Waals surface area contributed by atoms with Crippen LogP contribution in [0.4, 0.5) is 22.0 Å². The van der Waals surface area contributed by atoms with Crippen LogP contribution in [-0.4, -0.2) is 6.18 Å². The normalized spacial score (nSPS) is 13.4. The van der Waals surface area contributed by atoms with E-state index in [0.717, 1.165) is 0 Å². The van der Waals surface area contributed by atoms with Gasteiger partial charge in [-0.05, 0) is 24.3 Å². The summed E-state index contributed by atoms with van der Waals surface area (Å²) >= 11 is 3.06. The van der Waals surface area contributed by atoms with Gasteiger partial charge in [-0.25, -0.2) is 0 Å². The molecule has 0 aliphatic rings. The van der Waals surface area contributed by atoms with Gasteiger partial charge in [-0.15, -0.1) is 0 Å². The van der Waals surface area contributed by atoms with Crippen LogP contribution in [0, 0.1) is 0 Å². The lowest BCUT2D eigenvalue weighted by Gasteiger charge is -2.06. The number of alkyl halides is 3. The van der Waals surface area contributed by atoms with Gasteiger partial charge in [0.25, 0.3) is 5.83 Å². The first-order valence-electron chi connectivity index (χ1n) is 3.86. The molecule has 0 aliphatic heterocycles. The second-order valence-corrected chi connectivity index (χ2v) is 3.56. The summed E-state index contributed by atoms with van der Waals surface area (Å²) in [6.07, 6.45) is -5.39. The molecule has 0 atom stereocenters. The standard InChI is InChI=1S/C9H4BrF5O/c10-5-1-3-6(4-2-5)16-8(12)7(11)9(13,14)15/h1-4H/b8-7+. The van der Waals surface area contributed by atoms with Crippen molar-refractivity contribution in [3.8, 4) is 5.75 Å². The van der Waals surface area contributed by atoms with E-state index in [9.17, 15) is 22.0 Å². The molecule has 0 heterocycles. The molecule has 0 N–H and O–H groups in total. The fourth-order valence-electron chi connectivity index (χ4n) is 0.762. The van der Waals surface area contributed by atoms with Crippen molar-refractivity contribution in [3.05, 3.63) is 40.6 Å². The summed E-state index contributed by atoms with van der Waals surface area (Å²) in [5.41, 5.74) is 0. The van der Waals surface area contributed by atoms with E-state index < -0.39 is 18.0 Å². The van der Waals surface area contributed by atoms with Crippen molar-refractivity contribution in [3.63, 3.8) is 0 Å². The van der Waals surface area contributed by atoms with Gasteiger partial charge in [0.1, 0.15) is 5.75 Å². The van der Waals surface area contributed by atoms with Gasteiger partial charge in [0.2, 0.25) is 0 Å². The quantitative estimate of drug-likeness (QED) is 0.577. The summed E-state index contributed by atoms with van der Waals surface area (Å²) in [5.74, 6) is -3.13. The number of hydrogen-bond acceptors (Lipinski definition) is 1. The monoisotopic (exact) mass is 302 g/mol. The van der Waals surface area contributed by atoms with Crippen LogP contribution in [0.5, 0.6) is 5.75 Å². The van der Waals surface area contributed by atoms with E-state index in [1.807, 2.05) is 0 Å². The first kappa shape index (κ1) is 13.0. The van der Waals surface area contributed by atoms with Gasteiger partial charge in [-0.3, -0.25) is 0 Å². The largest absolute Gasteiger partial charge is 0.449 e. The third kappa shape index (κ3) is 3.48. The molecule has 0 saturated heterocycles. The van der Waals surface area contributed by atoms with E-state index in [4.69, 9.17) is 0 Å². The number of ether oxygens (including phenoxy) is 1. The van der Waals surface area contributed by atoms with E-state index in [2.05, 4.69) is 20.7 Å². The molecule has 0 fully saturated rings. The van der Waals surface area contributed by atoms with E-state index >= 15 is 0 Å². The summed E-state index contributed by atoms with van der Waals surface area (Å²) in [6, 6.07) is 2.89. The Hall–Kier alpha value is -1.11. The fraction of sp³-hybridized carbons (Fsp3) is 0.111. The maximum absolute atomic E-state index is 12.6. The Morgan fingerprint density at radius 2 is 1.56 bits per heavy atom. The Bertz CT molecular complexity index is 395. The molecule has 16 heavy (non-hydrogen) atoms. The van der Waals surface area contributed by atoms with Crippen LogP contribution in [-0.2, 0) is 0 Å². The SMILES string of the molecule is F/C(Oc1ccc(Br)cc1)=C(\F)C(F)(F)F. The van der Waals surface area contributed by atoms with Gasteiger partial charge in [0.15, 0.2) is 0 Å². The van der Waals surface area contributed by atoms with Crippen LogP contribution >= 0.6 is 15.9 Å². The number of halogens is 6. The second kappa shape index (κ2) is 4.82. The van der Waals surface area contributed by atoms with Crippen LogP contribution in [0.15, 0.2) is 40.6 Å². The summed E-state index contributed by atoms with van der Waals surface area (Å²) in [6.45, 7) is 0. The van der Waals surface area contributed by atoms with Crippen molar-refractivity contribution >= 4 is 15.9 Å². The van der Waals surface area contributed by atoms with Crippen molar-refractivity contribution in [2.45, 2.75) is 6.18 Å². The van der Waals surface area contributed by atoms with Gasteiger partial charge in [-0.2, -0.15) is 22.0 Å². The van der Waals surface area contributed by atoms with E-state index in [1.54, 1.807) is 0 Å². The summed E-state index contributed by atoms with van der Waals surface area (Å²) in [4.78, 5) is 0. The molecule has 0 aromatic heterocycles. The molecule has 1 aromatic carbocycles. The number of allylic oxidation sites excluding steroid dienone is 1. The highest BCUT2D eigenvalue weighted by atomic mass is 79.9. The molecule has 1 nitrogen and oxygen atoms in total. The molecule has 88 valence electrons. The van der Waals surface area contributed by atoms with Crippen LogP contribution in [0.2, 0.25) is 0 Å². The third-order valence-electron chi connectivity index (χ3n) is 1.44. The zero-order chi connectivity index (χ0) is 12.3. The van der Waals surface area contributed by atoms with Crippen molar-refractivity contribution in [2.24, 2.45) is 0 Å². The zero-order valence-electron chi connectivity index (χ0n) is 7.49. The van der Waals surface area contributed by atoms with E-state index in [0.29, 0.717) is 4.47 Å². The van der Waals surface area contributed by atoms with Gasteiger partial charge < -0.3 is 4.74 Å². The average Bonchev–Trinajstić information content (AvgIpc) is 2.19. The molecular formula is C9H4BrF5O. The Labute approximate surface area is 95.6 Å². The number of benzene rings is 1. The van der Waals surface area contributed by atoms with Gasteiger partial charge in [-0.1, -0.05) is 15.9 Å². The maximum Gasteiger partial charge on any atom is 0.449 e. The highest BCUT2D eigenvalue weighted by Crippen LogP contribution is 2.31. The summed E-state index contributed by atoms with van der Waals surface area (Å²) in [5, 5.41) is 0. The third-order valence-corrected chi connectivity index (χ3v) is 1.97. The lowest BCUT2D eigenvalue weighted by molar-refractivity contribution is -0.114. The number of rotatable bonds is 2. The minimum atomic E-state index is -5.39. The molecule has 1 aromatic rings. The van der Waals surface area contributed by atoms with Gasteiger partial charge in [0, 0.05) is 4.47 Å². The van der Waals surface area contributed by atoms with Crippen molar-refractivity contribution in [1.29, 1.82) is 0 Å². The van der Waals surface area contributed by atoms with Crippen LogP contribution < -0.4 is 4.74 Å². The summed E-state index contributed by atoms with van der Waals surface area (Å²) < 4.78 is 64.7.